The summed E-state index contributed by atoms with van der Waals surface area (Å²) in [7, 11) is 0. The van der Waals surface area contributed by atoms with Gasteiger partial charge in [-0.3, -0.25) is 15.0 Å². The van der Waals surface area contributed by atoms with Gasteiger partial charge in [0.25, 0.3) is 5.56 Å². The topological polar surface area (TPSA) is 85.9 Å². The standard InChI is InChI=1S/C14H10N2O3/c17-13-11-7-9(4-5-12(11)15-16-13)8-2-1-3-10(6-8)14(18)19/h1-7H,(H,18,19)(H2,15,16,17). The van der Waals surface area contributed by atoms with E-state index < -0.39 is 5.97 Å². The van der Waals surface area contributed by atoms with Gasteiger partial charge in [0.15, 0.2) is 0 Å². The van der Waals surface area contributed by atoms with E-state index in [2.05, 4.69) is 10.2 Å². The minimum absolute atomic E-state index is 0.189. The maximum Gasteiger partial charge on any atom is 0.335 e. The summed E-state index contributed by atoms with van der Waals surface area (Å²) in [4.78, 5) is 22.5. The first kappa shape index (κ1) is 11.3. The van der Waals surface area contributed by atoms with Crippen LogP contribution in [0.15, 0.2) is 47.3 Å². The molecular weight excluding hydrogens is 244 g/mol. The second-order valence-corrected chi connectivity index (χ2v) is 4.23. The Morgan fingerprint density at radius 3 is 2.58 bits per heavy atom. The van der Waals surface area contributed by atoms with Crippen molar-refractivity contribution in [2.45, 2.75) is 0 Å². The molecule has 19 heavy (non-hydrogen) atoms. The molecule has 0 saturated carbocycles. The van der Waals surface area contributed by atoms with Gasteiger partial charge in [-0.1, -0.05) is 18.2 Å². The number of carbonyl (C=O) groups is 1. The van der Waals surface area contributed by atoms with Gasteiger partial charge in [-0.05, 0) is 35.4 Å². The van der Waals surface area contributed by atoms with Crippen LogP contribution in [0, 0.1) is 0 Å². The van der Waals surface area contributed by atoms with Crippen LogP contribution in [-0.2, 0) is 0 Å². The molecule has 3 N–H and O–H groups in total. The first-order valence-corrected chi connectivity index (χ1v) is 5.69. The molecule has 0 unspecified atom stereocenters. The average Bonchev–Trinajstić information content (AvgIpc) is 2.80. The fourth-order valence-electron chi connectivity index (χ4n) is 2.04. The largest absolute Gasteiger partial charge is 0.478 e. The molecule has 0 aliphatic heterocycles. The van der Waals surface area contributed by atoms with Crippen LogP contribution in [0.2, 0.25) is 0 Å². The van der Waals surface area contributed by atoms with Gasteiger partial charge >= 0.3 is 5.97 Å². The highest BCUT2D eigenvalue weighted by molar-refractivity contribution is 5.90. The minimum Gasteiger partial charge on any atom is -0.478 e. The Bertz CT molecular complexity index is 830. The van der Waals surface area contributed by atoms with Gasteiger partial charge in [-0.15, -0.1) is 0 Å². The van der Waals surface area contributed by atoms with Gasteiger partial charge in [0.05, 0.1) is 16.5 Å². The molecule has 0 aliphatic rings. The molecule has 0 saturated heterocycles. The van der Waals surface area contributed by atoms with Gasteiger partial charge in [-0.25, -0.2) is 4.79 Å². The summed E-state index contributed by atoms with van der Waals surface area (Å²) in [5, 5.41) is 14.8. The Labute approximate surface area is 107 Å². The van der Waals surface area contributed by atoms with Crippen molar-refractivity contribution in [3.63, 3.8) is 0 Å². The summed E-state index contributed by atoms with van der Waals surface area (Å²) in [5.74, 6) is -0.970. The molecular formula is C14H10N2O3. The van der Waals surface area contributed by atoms with Crippen molar-refractivity contribution in [2.75, 3.05) is 0 Å². The van der Waals surface area contributed by atoms with E-state index in [9.17, 15) is 9.59 Å². The molecule has 0 bridgehead atoms. The van der Waals surface area contributed by atoms with Gasteiger partial charge < -0.3 is 5.11 Å². The molecule has 94 valence electrons. The summed E-state index contributed by atoms with van der Waals surface area (Å²) in [6, 6.07) is 12.0. The lowest BCUT2D eigenvalue weighted by molar-refractivity contribution is 0.0697. The number of aromatic carboxylic acids is 1. The molecule has 0 amide bonds. The van der Waals surface area contributed by atoms with Crippen LogP contribution in [0.1, 0.15) is 10.4 Å². The molecule has 0 atom stereocenters. The van der Waals surface area contributed by atoms with E-state index in [1.807, 2.05) is 12.1 Å². The zero-order chi connectivity index (χ0) is 13.4. The Hall–Kier alpha value is -2.82. The maximum atomic E-state index is 11.6. The molecule has 3 aromatic rings. The quantitative estimate of drug-likeness (QED) is 0.655. The van der Waals surface area contributed by atoms with Gasteiger partial charge in [-0.2, -0.15) is 0 Å². The van der Waals surface area contributed by atoms with Crippen molar-refractivity contribution in [3.8, 4) is 11.1 Å². The zero-order valence-corrected chi connectivity index (χ0v) is 9.81. The van der Waals surface area contributed by atoms with Gasteiger partial charge in [0.1, 0.15) is 0 Å². The monoisotopic (exact) mass is 254 g/mol. The van der Waals surface area contributed by atoms with E-state index in [1.165, 1.54) is 6.07 Å². The fourth-order valence-corrected chi connectivity index (χ4v) is 2.04. The van der Waals surface area contributed by atoms with E-state index in [4.69, 9.17) is 5.11 Å². The van der Waals surface area contributed by atoms with E-state index in [1.54, 1.807) is 24.3 Å². The number of hydrogen-bond acceptors (Lipinski definition) is 2. The van der Waals surface area contributed by atoms with Crippen molar-refractivity contribution in [1.82, 2.24) is 10.2 Å². The fraction of sp³-hybridized carbons (Fsp3) is 0. The smallest absolute Gasteiger partial charge is 0.335 e. The van der Waals surface area contributed by atoms with Crippen molar-refractivity contribution in [3.05, 3.63) is 58.4 Å². The van der Waals surface area contributed by atoms with Crippen LogP contribution in [0.5, 0.6) is 0 Å². The van der Waals surface area contributed by atoms with E-state index in [0.29, 0.717) is 5.39 Å². The number of nitrogens with one attached hydrogen (secondary N) is 2. The first-order valence-electron chi connectivity index (χ1n) is 5.69. The number of carboxylic acid groups (broad SMARTS) is 1. The van der Waals surface area contributed by atoms with E-state index in [0.717, 1.165) is 16.6 Å². The third-order valence-corrected chi connectivity index (χ3v) is 3.02. The zero-order valence-electron chi connectivity index (χ0n) is 9.81. The van der Waals surface area contributed by atoms with Crippen molar-refractivity contribution in [2.24, 2.45) is 0 Å². The highest BCUT2D eigenvalue weighted by atomic mass is 16.4. The molecule has 0 aliphatic carbocycles. The number of rotatable bonds is 2. The maximum absolute atomic E-state index is 11.6. The first-order chi connectivity index (χ1) is 9.15. The molecule has 1 aromatic heterocycles. The van der Waals surface area contributed by atoms with E-state index >= 15 is 0 Å². The number of H-pyrrole nitrogens is 2. The normalized spacial score (nSPS) is 10.7. The van der Waals surface area contributed by atoms with Crippen LogP contribution in [0.3, 0.4) is 0 Å². The Kier molecular flexibility index (Phi) is 2.45. The Balaban J connectivity index is 2.18. The SMILES string of the molecule is O=C(O)c1cccc(-c2ccc3[nH][nH]c(=O)c3c2)c1. The molecule has 0 radical (unpaired) electrons. The average molecular weight is 254 g/mol. The molecule has 1 heterocycles. The third kappa shape index (κ3) is 1.91. The highest BCUT2D eigenvalue weighted by Gasteiger charge is 2.07. The lowest BCUT2D eigenvalue weighted by Crippen LogP contribution is -1.98. The number of fused-ring (bicyclic) bond motifs is 1. The van der Waals surface area contributed by atoms with Gasteiger partial charge in [0, 0.05) is 0 Å². The third-order valence-electron chi connectivity index (χ3n) is 3.02. The van der Waals surface area contributed by atoms with Crippen molar-refractivity contribution >= 4 is 16.9 Å². The second kappa shape index (κ2) is 4.13. The summed E-state index contributed by atoms with van der Waals surface area (Å²) in [6.45, 7) is 0. The molecule has 5 heteroatoms. The number of aromatic amines is 2. The van der Waals surface area contributed by atoms with Crippen LogP contribution in [-0.4, -0.2) is 21.3 Å². The second-order valence-electron chi connectivity index (χ2n) is 4.23. The molecule has 2 aromatic carbocycles. The number of hydrogen-bond donors (Lipinski definition) is 3. The predicted molar refractivity (Wildman–Crippen MR) is 71.3 cm³/mol. The van der Waals surface area contributed by atoms with Crippen LogP contribution < -0.4 is 5.56 Å². The Morgan fingerprint density at radius 2 is 1.79 bits per heavy atom. The molecule has 5 nitrogen and oxygen atoms in total. The van der Waals surface area contributed by atoms with Crippen molar-refractivity contribution in [1.29, 1.82) is 0 Å². The van der Waals surface area contributed by atoms with E-state index in [-0.39, 0.29) is 11.1 Å². The molecule has 3 rings (SSSR count). The Morgan fingerprint density at radius 1 is 1.00 bits per heavy atom. The molecule has 0 fully saturated rings. The van der Waals surface area contributed by atoms with Gasteiger partial charge in [0.2, 0.25) is 0 Å². The minimum atomic E-state index is -0.970. The molecule has 0 spiro atoms. The number of benzene rings is 2. The van der Waals surface area contributed by atoms with Crippen LogP contribution >= 0.6 is 0 Å². The summed E-state index contributed by atoms with van der Waals surface area (Å²) >= 11 is 0. The lowest BCUT2D eigenvalue weighted by Gasteiger charge is -2.03. The van der Waals surface area contributed by atoms with Crippen LogP contribution in [0.25, 0.3) is 22.0 Å². The predicted octanol–water partition coefficient (Wildman–Crippen LogP) is 2.22. The summed E-state index contributed by atoms with van der Waals surface area (Å²) in [5.41, 5.74) is 2.33. The van der Waals surface area contributed by atoms with Crippen LogP contribution in [0.4, 0.5) is 0 Å². The summed E-state index contributed by atoms with van der Waals surface area (Å²) in [6.07, 6.45) is 0. The summed E-state index contributed by atoms with van der Waals surface area (Å²) < 4.78 is 0. The van der Waals surface area contributed by atoms with Crippen molar-refractivity contribution < 1.29 is 9.90 Å². The number of carboxylic acids is 1. The highest BCUT2D eigenvalue weighted by Crippen LogP contribution is 2.23. The number of aromatic nitrogens is 2. The lowest BCUT2D eigenvalue weighted by atomic mass is 10.0.